The molecular formula is C31H26ClN5O3S. The van der Waals surface area contributed by atoms with Crippen molar-refractivity contribution < 1.29 is 14.3 Å². The number of aromatic nitrogens is 3. The van der Waals surface area contributed by atoms with Crippen LogP contribution >= 0.6 is 23.4 Å². The van der Waals surface area contributed by atoms with Gasteiger partial charge in [0.1, 0.15) is 6.61 Å². The maximum Gasteiger partial charge on any atom is 0.250 e. The molecule has 8 nitrogen and oxygen atoms in total. The minimum Gasteiger partial charge on any atom is -0.493 e. The van der Waals surface area contributed by atoms with Crippen LogP contribution in [0.4, 0.5) is 0 Å². The minimum absolute atomic E-state index is 0.0892. The van der Waals surface area contributed by atoms with Crippen LogP contribution in [0.3, 0.4) is 0 Å². The quantitative estimate of drug-likeness (QED) is 0.110. The first-order valence-electron chi connectivity index (χ1n) is 12.7. The summed E-state index contributed by atoms with van der Waals surface area (Å²) < 4.78 is 13.3. The van der Waals surface area contributed by atoms with E-state index < -0.39 is 0 Å². The third kappa shape index (κ3) is 7.33. The molecule has 0 aliphatic rings. The molecule has 5 rings (SSSR count). The summed E-state index contributed by atoms with van der Waals surface area (Å²) in [5.74, 6) is 1.66. The average Bonchev–Trinajstić information content (AvgIpc) is 3.44. The van der Waals surface area contributed by atoms with Crippen LogP contribution in [0.2, 0.25) is 5.02 Å². The average molecular weight is 584 g/mol. The molecule has 0 saturated carbocycles. The zero-order valence-electron chi connectivity index (χ0n) is 22.1. The van der Waals surface area contributed by atoms with Gasteiger partial charge in [-0.25, -0.2) is 5.43 Å². The van der Waals surface area contributed by atoms with E-state index in [-0.39, 0.29) is 11.7 Å². The lowest BCUT2D eigenvalue weighted by Gasteiger charge is -2.11. The molecule has 0 saturated heterocycles. The molecule has 41 heavy (non-hydrogen) atoms. The molecule has 5 aromatic rings. The van der Waals surface area contributed by atoms with Crippen molar-refractivity contribution in [1.82, 2.24) is 20.2 Å². The van der Waals surface area contributed by atoms with Crippen LogP contribution in [0.1, 0.15) is 11.1 Å². The highest BCUT2D eigenvalue weighted by atomic mass is 35.5. The van der Waals surface area contributed by atoms with Crippen molar-refractivity contribution >= 4 is 35.5 Å². The van der Waals surface area contributed by atoms with Gasteiger partial charge in [0.2, 0.25) is 0 Å². The number of amides is 1. The van der Waals surface area contributed by atoms with Crippen molar-refractivity contribution in [3.05, 3.63) is 119 Å². The van der Waals surface area contributed by atoms with E-state index in [1.807, 2.05) is 89.5 Å². The zero-order valence-corrected chi connectivity index (χ0v) is 23.7. The molecule has 4 aromatic carbocycles. The Morgan fingerprint density at radius 3 is 2.41 bits per heavy atom. The van der Waals surface area contributed by atoms with Crippen LogP contribution in [0.15, 0.2) is 113 Å². The summed E-state index contributed by atoms with van der Waals surface area (Å²) in [4.78, 5) is 12.6. The maximum atomic E-state index is 12.6. The molecule has 1 aromatic heterocycles. The second-order valence-electron chi connectivity index (χ2n) is 8.75. The van der Waals surface area contributed by atoms with Crippen molar-refractivity contribution in [2.24, 2.45) is 5.10 Å². The van der Waals surface area contributed by atoms with Gasteiger partial charge in [-0.15, -0.1) is 10.2 Å². The molecule has 1 N–H and O–H groups in total. The van der Waals surface area contributed by atoms with E-state index in [2.05, 4.69) is 20.7 Å². The van der Waals surface area contributed by atoms with Crippen molar-refractivity contribution in [1.29, 1.82) is 0 Å². The summed E-state index contributed by atoms with van der Waals surface area (Å²) in [6, 6.07) is 32.4. The van der Waals surface area contributed by atoms with E-state index in [4.69, 9.17) is 21.1 Å². The highest BCUT2D eigenvalue weighted by Gasteiger charge is 2.17. The molecule has 0 unspecified atom stereocenters. The lowest BCUT2D eigenvalue weighted by Crippen LogP contribution is -2.20. The van der Waals surface area contributed by atoms with Gasteiger partial charge >= 0.3 is 0 Å². The van der Waals surface area contributed by atoms with Crippen LogP contribution in [-0.2, 0) is 11.4 Å². The van der Waals surface area contributed by atoms with Gasteiger partial charge in [-0.3, -0.25) is 9.36 Å². The first-order valence-corrected chi connectivity index (χ1v) is 14.0. The van der Waals surface area contributed by atoms with Crippen LogP contribution in [0.5, 0.6) is 11.5 Å². The Kier molecular flexibility index (Phi) is 9.30. The Labute approximate surface area is 247 Å². The lowest BCUT2D eigenvalue weighted by molar-refractivity contribution is -0.118. The van der Waals surface area contributed by atoms with Gasteiger partial charge in [0.15, 0.2) is 22.5 Å². The fourth-order valence-corrected chi connectivity index (χ4v) is 4.79. The molecule has 0 bridgehead atoms. The maximum absolute atomic E-state index is 12.6. The van der Waals surface area contributed by atoms with E-state index in [1.165, 1.54) is 11.8 Å². The summed E-state index contributed by atoms with van der Waals surface area (Å²) in [6.45, 7) is 0.401. The van der Waals surface area contributed by atoms with Crippen molar-refractivity contribution in [2.45, 2.75) is 11.8 Å². The minimum atomic E-state index is -0.285. The number of rotatable bonds is 11. The second kappa shape index (κ2) is 13.6. The number of ether oxygens (including phenoxy) is 2. The summed E-state index contributed by atoms with van der Waals surface area (Å²) in [5.41, 5.74) is 6.11. The Bertz CT molecular complexity index is 1630. The molecule has 1 amide bonds. The summed E-state index contributed by atoms with van der Waals surface area (Å²) in [5, 5.41) is 14.1. The van der Waals surface area contributed by atoms with E-state index in [9.17, 15) is 4.79 Å². The number of methoxy groups -OCH3 is 1. The first kappa shape index (κ1) is 27.9. The van der Waals surface area contributed by atoms with Gasteiger partial charge in [-0.05, 0) is 53.6 Å². The predicted molar refractivity (Wildman–Crippen MR) is 162 cm³/mol. The third-order valence-electron chi connectivity index (χ3n) is 5.91. The zero-order chi connectivity index (χ0) is 28.4. The fourth-order valence-electron chi connectivity index (χ4n) is 3.92. The van der Waals surface area contributed by atoms with Gasteiger partial charge in [-0.2, -0.15) is 5.10 Å². The monoisotopic (exact) mass is 583 g/mol. The van der Waals surface area contributed by atoms with Crippen LogP contribution in [-0.4, -0.2) is 39.7 Å². The molecule has 0 aliphatic carbocycles. The van der Waals surface area contributed by atoms with E-state index in [0.717, 1.165) is 22.4 Å². The van der Waals surface area contributed by atoms with Crippen LogP contribution < -0.4 is 14.9 Å². The molecule has 0 atom stereocenters. The Hall–Kier alpha value is -4.60. The number of nitrogens with one attached hydrogen (secondary N) is 1. The third-order valence-corrected chi connectivity index (χ3v) is 7.09. The number of nitrogens with zero attached hydrogens (tertiary/aromatic N) is 4. The Morgan fingerprint density at radius 2 is 1.68 bits per heavy atom. The summed E-state index contributed by atoms with van der Waals surface area (Å²) in [6.07, 6.45) is 1.56. The topological polar surface area (TPSA) is 90.6 Å². The number of thioether (sulfide) groups is 1. The number of hydrogen-bond acceptors (Lipinski definition) is 7. The normalized spacial score (nSPS) is 11.0. The van der Waals surface area contributed by atoms with Gasteiger partial charge in [0.25, 0.3) is 5.91 Å². The van der Waals surface area contributed by atoms with Crippen molar-refractivity contribution in [2.75, 3.05) is 12.9 Å². The molecule has 0 fully saturated rings. The molecule has 10 heteroatoms. The van der Waals surface area contributed by atoms with E-state index in [0.29, 0.717) is 34.1 Å². The first-order chi connectivity index (χ1) is 20.1. The number of benzene rings is 4. The molecule has 0 spiro atoms. The van der Waals surface area contributed by atoms with Gasteiger partial charge in [0, 0.05) is 16.3 Å². The fraction of sp³-hybridized carbons (Fsp3) is 0.0968. The van der Waals surface area contributed by atoms with E-state index in [1.54, 1.807) is 31.5 Å². The van der Waals surface area contributed by atoms with Gasteiger partial charge in [-0.1, -0.05) is 84.0 Å². The highest BCUT2D eigenvalue weighted by Crippen LogP contribution is 2.29. The van der Waals surface area contributed by atoms with E-state index >= 15 is 0 Å². The number of carbonyl (C=O) groups excluding carboxylic acids is 1. The largest absolute Gasteiger partial charge is 0.493 e. The van der Waals surface area contributed by atoms with Crippen molar-refractivity contribution in [3.63, 3.8) is 0 Å². The Morgan fingerprint density at radius 1 is 0.951 bits per heavy atom. The molecule has 0 aliphatic heterocycles. The van der Waals surface area contributed by atoms with Crippen molar-refractivity contribution in [3.8, 4) is 28.6 Å². The van der Waals surface area contributed by atoms with Gasteiger partial charge < -0.3 is 9.47 Å². The molecule has 0 radical (unpaired) electrons. The molecule has 206 valence electrons. The molecular weight excluding hydrogens is 558 g/mol. The SMILES string of the molecule is COc1ccc(C=NNC(=O)CSc2nnc(-c3ccccc3)n2-c2ccc(Cl)cc2)cc1OCc1ccccc1. The summed E-state index contributed by atoms with van der Waals surface area (Å²) in [7, 11) is 1.59. The van der Waals surface area contributed by atoms with Gasteiger partial charge in [0.05, 0.1) is 19.1 Å². The van der Waals surface area contributed by atoms with Crippen LogP contribution in [0.25, 0.3) is 17.1 Å². The second-order valence-corrected chi connectivity index (χ2v) is 10.1. The summed E-state index contributed by atoms with van der Waals surface area (Å²) >= 11 is 7.37. The number of hydrogen-bond donors (Lipinski definition) is 1. The highest BCUT2D eigenvalue weighted by molar-refractivity contribution is 7.99. The Balaban J connectivity index is 1.24. The smallest absolute Gasteiger partial charge is 0.250 e. The molecule has 1 heterocycles. The number of halogens is 1. The number of hydrazone groups is 1. The lowest BCUT2D eigenvalue weighted by atomic mass is 10.2. The standard InChI is InChI=1S/C31H26ClN5O3S/c1-39-27-17-12-23(18-28(27)40-20-22-8-4-2-5-9-22)19-33-34-29(38)21-41-31-36-35-30(24-10-6-3-7-11-24)37(31)26-15-13-25(32)14-16-26/h2-19H,20-21H2,1H3,(H,34,38). The number of carbonyl (C=O) groups is 1. The van der Waals surface area contributed by atoms with Crippen LogP contribution in [0, 0.1) is 0 Å². The predicted octanol–water partition coefficient (Wildman–Crippen LogP) is 6.42.